The summed E-state index contributed by atoms with van der Waals surface area (Å²) >= 11 is 0. The number of amides is 1. The number of nitrogens with zero attached hydrogens (tertiary/aromatic N) is 4. The highest BCUT2D eigenvalue weighted by Gasteiger charge is 2.33. The molecular formula is C23H28N4O6. The maximum Gasteiger partial charge on any atom is 0.290 e. The van der Waals surface area contributed by atoms with Gasteiger partial charge in [-0.25, -0.2) is 4.98 Å². The van der Waals surface area contributed by atoms with Crippen molar-refractivity contribution in [1.29, 1.82) is 0 Å². The van der Waals surface area contributed by atoms with Crippen molar-refractivity contribution in [2.24, 2.45) is 5.92 Å². The second-order valence-corrected chi connectivity index (χ2v) is 7.45. The number of imidazole rings is 1. The number of likely N-dealkylation sites (tertiary alicyclic amines) is 1. The molecular weight excluding hydrogens is 428 g/mol. The molecule has 176 valence electrons. The maximum atomic E-state index is 12.7. The molecule has 2 atom stereocenters. The van der Waals surface area contributed by atoms with Crippen LogP contribution in [0.2, 0.25) is 0 Å². The first-order valence-corrected chi connectivity index (χ1v) is 10.4. The van der Waals surface area contributed by atoms with E-state index in [1.165, 1.54) is 0 Å². The average Bonchev–Trinajstić information content (AvgIpc) is 3.32. The number of benzene rings is 1. The highest BCUT2D eigenvalue weighted by molar-refractivity contribution is 5.78. The number of aryl methyl sites for hydroxylation is 2. The second kappa shape index (κ2) is 12.9. The van der Waals surface area contributed by atoms with Gasteiger partial charge in [0.1, 0.15) is 5.82 Å². The first kappa shape index (κ1) is 25.5. The van der Waals surface area contributed by atoms with E-state index >= 15 is 0 Å². The molecule has 1 aliphatic heterocycles. The first-order valence-electron chi connectivity index (χ1n) is 10.4. The predicted octanol–water partition coefficient (Wildman–Crippen LogP) is 1.59. The number of β-amino-alcohol motifs (C(OH)–C–C–N with tert-alkyl or cyclic N) is 1. The Balaban J connectivity index is 0.000000582. The third-order valence-corrected chi connectivity index (χ3v) is 5.40. The molecule has 4 rings (SSSR count). The number of para-hydroxylation sites is 2. The van der Waals surface area contributed by atoms with Crippen LogP contribution in [0.15, 0.2) is 48.8 Å². The summed E-state index contributed by atoms with van der Waals surface area (Å²) in [6.07, 6.45) is 4.22. The van der Waals surface area contributed by atoms with Crippen LogP contribution in [0, 0.1) is 12.8 Å². The molecule has 3 heterocycles. The number of fused-ring (bicyclic) bond motifs is 1. The molecule has 0 bridgehead atoms. The second-order valence-electron chi connectivity index (χ2n) is 7.45. The number of carbonyl (C=O) groups is 3. The zero-order valence-corrected chi connectivity index (χ0v) is 18.3. The molecule has 1 amide bonds. The Morgan fingerprint density at radius 3 is 2.39 bits per heavy atom. The van der Waals surface area contributed by atoms with E-state index in [-0.39, 0.29) is 24.8 Å². The van der Waals surface area contributed by atoms with Crippen LogP contribution in [0.4, 0.5) is 0 Å². The van der Waals surface area contributed by atoms with E-state index in [9.17, 15) is 9.90 Å². The number of aliphatic hydroxyl groups is 1. The minimum atomic E-state index is -0.474. The van der Waals surface area contributed by atoms with E-state index in [2.05, 4.69) is 14.5 Å². The highest BCUT2D eigenvalue weighted by atomic mass is 16.3. The molecule has 0 spiro atoms. The van der Waals surface area contributed by atoms with Crippen molar-refractivity contribution in [2.45, 2.75) is 32.4 Å². The summed E-state index contributed by atoms with van der Waals surface area (Å²) < 4.78 is 2.09. The number of hydrogen-bond acceptors (Lipinski definition) is 6. The fraction of sp³-hybridized carbons (Fsp3) is 0.348. The number of aromatic nitrogens is 3. The molecule has 1 aliphatic rings. The molecule has 3 aromatic rings. The van der Waals surface area contributed by atoms with Gasteiger partial charge in [0.05, 0.1) is 17.1 Å². The van der Waals surface area contributed by atoms with Gasteiger partial charge in [-0.3, -0.25) is 19.4 Å². The van der Waals surface area contributed by atoms with Crippen LogP contribution in [0.5, 0.6) is 0 Å². The summed E-state index contributed by atoms with van der Waals surface area (Å²) in [4.78, 5) is 39.8. The lowest BCUT2D eigenvalue weighted by atomic mass is 9.97. The van der Waals surface area contributed by atoms with Gasteiger partial charge in [-0.2, -0.15) is 0 Å². The van der Waals surface area contributed by atoms with E-state index in [0.29, 0.717) is 26.1 Å². The van der Waals surface area contributed by atoms with Gasteiger partial charge in [0.2, 0.25) is 5.91 Å². The molecule has 1 saturated heterocycles. The summed E-state index contributed by atoms with van der Waals surface area (Å²) in [6.45, 7) is 3.09. The third kappa shape index (κ3) is 7.11. The number of pyridine rings is 1. The fourth-order valence-corrected chi connectivity index (χ4v) is 3.92. The van der Waals surface area contributed by atoms with E-state index < -0.39 is 6.10 Å². The summed E-state index contributed by atoms with van der Waals surface area (Å²) in [7, 11) is 0. The minimum Gasteiger partial charge on any atom is -0.483 e. The van der Waals surface area contributed by atoms with Gasteiger partial charge in [-0.05, 0) is 43.2 Å². The van der Waals surface area contributed by atoms with E-state index in [4.69, 9.17) is 19.8 Å². The molecule has 1 aromatic carbocycles. The SMILES string of the molecule is Cc1nc2ccccc2n1CCC(=O)N1C[C@@H](Cc2ccncc2)[C@H](O)C1.O=CO.O=CO. The lowest BCUT2D eigenvalue weighted by molar-refractivity contribution is -0.130. The van der Waals surface area contributed by atoms with Gasteiger partial charge in [0.15, 0.2) is 0 Å². The van der Waals surface area contributed by atoms with Crippen LogP contribution in [0.25, 0.3) is 11.0 Å². The Bertz CT molecular complexity index is 1030. The summed E-state index contributed by atoms with van der Waals surface area (Å²) in [6, 6.07) is 11.9. The number of carboxylic acid groups (broad SMARTS) is 2. The van der Waals surface area contributed by atoms with E-state index in [1.54, 1.807) is 17.3 Å². The maximum absolute atomic E-state index is 12.7. The van der Waals surface area contributed by atoms with Crippen molar-refractivity contribution in [3.8, 4) is 0 Å². The summed E-state index contributed by atoms with van der Waals surface area (Å²) in [5, 5.41) is 24.2. The monoisotopic (exact) mass is 456 g/mol. The van der Waals surface area contributed by atoms with Gasteiger partial charge in [-0.15, -0.1) is 0 Å². The molecule has 0 saturated carbocycles. The zero-order valence-electron chi connectivity index (χ0n) is 18.3. The van der Waals surface area contributed by atoms with Crippen LogP contribution in [-0.4, -0.2) is 72.8 Å². The number of aliphatic hydroxyl groups excluding tert-OH is 1. The Hall–Kier alpha value is -3.79. The lowest BCUT2D eigenvalue weighted by Crippen LogP contribution is -2.30. The molecule has 33 heavy (non-hydrogen) atoms. The van der Waals surface area contributed by atoms with Crippen LogP contribution in [0.1, 0.15) is 17.8 Å². The molecule has 2 aromatic heterocycles. The van der Waals surface area contributed by atoms with Crippen molar-refractivity contribution in [3.05, 3.63) is 60.2 Å². The predicted molar refractivity (Wildman–Crippen MR) is 120 cm³/mol. The van der Waals surface area contributed by atoms with Gasteiger partial charge >= 0.3 is 0 Å². The number of rotatable bonds is 5. The zero-order chi connectivity index (χ0) is 24.2. The van der Waals surface area contributed by atoms with E-state index in [1.807, 2.05) is 43.3 Å². The van der Waals surface area contributed by atoms with Crippen LogP contribution < -0.4 is 0 Å². The van der Waals surface area contributed by atoms with Crippen LogP contribution in [-0.2, 0) is 27.3 Å². The van der Waals surface area contributed by atoms with Crippen molar-refractivity contribution in [2.75, 3.05) is 13.1 Å². The number of carbonyl (C=O) groups excluding carboxylic acids is 1. The van der Waals surface area contributed by atoms with E-state index in [0.717, 1.165) is 28.8 Å². The Morgan fingerprint density at radius 1 is 1.09 bits per heavy atom. The highest BCUT2D eigenvalue weighted by Crippen LogP contribution is 2.23. The molecule has 10 nitrogen and oxygen atoms in total. The third-order valence-electron chi connectivity index (χ3n) is 5.40. The molecule has 1 fully saturated rings. The summed E-state index contributed by atoms with van der Waals surface area (Å²) in [5.74, 6) is 1.08. The summed E-state index contributed by atoms with van der Waals surface area (Å²) in [5.41, 5.74) is 3.15. The topological polar surface area (TPSA) is 146 Å². The van der Waals surface area contributed by atoms with Crippen molar-refractivity contribution in [1.82, 2.24) is 19.4 Å². The number of hydrogen-bond donors (Lipinski definition) is 3. The molecule has 10 heteroatoms. The van der Waals surface area contributed by atoms with Crippen molar-refractivity contribution >= 4 is 29.9 Å². The average molecular weight is 456 g/mol. The Morgan fingerprint density at radius 2 is 1.73 bits per heavy atom. The Kier molecular flexibility index (Phi) is 9.97. The van der Waals surface area contributed by atoms with Gasteiger partial charge < -0.3 is 24.8 Å². The normalized spacial score (nSPS) is 16.8. The van der Waals surface area contributed by atoms with Gasteiger partial charge in [-0.1, -0.05) is 12.1 Å². The van der Waals surface area contributed by atoms with Crippen LogP contribution in [0.3, 0.4) is 0 Å². The quantitative estimate of drug-likeness (QED) is 0.491. The molecule has 0 radical (unpaired) electrons. The van der Waals surface area contributed by atoms with Crippen molar-refractivity contribution < 1.29 is 29.7 Å². The molecule has 0 unspecified atom stereocenters. The fourth-order valence-electron chi connectivity index (χ4n) is 3.92. The first-order chi connectivity index (χ1) is 15.9. The lowest BCUT2D eigenvalue weighted by Gasteiger charge is -2.17. The molecule has 3 N–H and O–H groups in total. The van der Waals surface area contributed by atoms with Gasteiger partial charge in [0.25, 0.3) is 12.9 Å². The Labute approximate surface area is 191 Å². The largest absolute Gasteiger partial charge is 0.483 e. The minimum absolute atomic E-state index is 0.0761. The molecule has 0 aliphatic carbocycles. The van der Waals surface area contributed by atoms with Crippen LogP contribution >= 0.6 is 0 Å². The van der Waals surface area contributed by atoms with Gasteiger partial charge in [0, 0.05) is 44.4 Å². The standard InChI is InChI=1S/C21H24N4O2.2CH2O2/c1-15-23-18-4-2-3-5-19(18)25(15)11-8-21(27)24-13-17(20(26)14-24)12-16-6-9-22-10-7-16;2*2-1-3/h2-7,9-10,17,20,26H,8,11-14H2,1H3;2*1H,(H,2,3)/t17-,20-;;/m1../s1. The smallest absolute Gasteiger partial charge is 0.290 e. The van der Waals surface area contributed by atoms with Crippen molar-refractivity contribution in [3.63, 3.8) is 0 Å².